The number of nitrogens with one attached hydrogen (secondary N) is 1. The minimum absolute atomic E-state index is 0.0358. The first-order valence-electron chi connectivity index (χ1n) is 9.46. The topological polar surface area (TPSA) is 62.6 Å². The third-order valence-corrected chi connectivity index (χ3v) is 5.03. The normalized spacial score (nSPS) is 23.2. The average Bonchev–Trinajstić information content (AvgIpc) is 3.14. The highest BCUT2D eigenvalue weighted by Gasteiger charge is 2.25. The van der Waals surface area contributed by atoms with Gasteiger partial charge in [-0.2, -0.15) is 0 Å². The van der Waals surface area contributed by atoms with Gasteiger partial charge in [-0.3, -0.25) is 4.90 Å². The highest BCUT2D eigenvalue weighted by atomic mass is 16.5. The summed E-state index contributed by atoms with van der Waals surface area (Å²) in [6.45, 7) is 10.4. The first-order chi connectivity index (χ1) is 12.1. The molecule has 1 aromatic rings. The van der Waals surface area contributed by atoms with Crippen LogP contribution in [0.1, 0.15) is 32.7 Å². The van der Waals surface area contributed by atoms with Crippen molar-refractivity contribution in [2.24, 2.45) is 5.92 Å². The molecule has 0 radical (unpaired) electrons. The molecule has 2 saturated heterocycles. The third-order valence-electron chi connectivity index (χ3n) is 5.03. The molecule has 0 aromatic carbocycles. The van der Waals surface area contributed by atoms with Crippen molar-refractivity contribution in [3.63, 3.8) is 0 Å². The largest absolute Gasteiger partial charge is 0.374 e. The summed E-state index contributed by atoms with van der Waals surface area (Å²) in [5.74, 6) is 0.658. The molecule has 140 valence electrons. The quantitative estimate of drug-likeness (QED) is 0.877. The molecule has 0 unspecified atom stereocenters. The fraction of sp³-hybridized carbons (Fsp3) is 0.778. The van der Waals surface area contributed by atoms with Crippen LogP contribution in [0.5, 0.6) is 0 Å². The summed E-state index contributed by atoms with van der Waals surface area (Å²) in [4.78, 5) is 20.9. The van der Waals surface area contributed by atoms with Crippen molar-refractivity contribution < 1.29 is 9.53 Å². The first kappa shape index (κ1) is 18.2. The minimum Gasteiger partial charge on any atom is -0.374 e. The van der Waals surface area contributed by atoms with Crippen LogP contribution in [-0.2, 0) is 4.74 Å². The molecular weight excluding hydrogens is 318 g/mol. The van der Waals surface area contributed by atoms with Crippen LogP contribution in [0.3, 0.4) is 0 Å². The molecule has 1 aromatic heterocycles. The maximum atomic E-state index is 12.4. The van der Waals surface area contributed by atoms with E-state index in [2.05, 4.69) is 33.6 Å². The number of imidazole rings is 1. The Morgan fingerprint density at radius 3 is 2.80 bits per heavy atom. The van der Waals surface area contributed by atoms with Gasteiger partial charge in [-0.25, -0.2) is 9.78 Å². The minimum atomic E-state index is 0.0358. The standard InChI is InChI=1S/C18H31N5O2/c1-15(2)12-21-9-10-25-17(13-21)11-20-18(24)22-6-3-16(4-7-22)23-8-5-19-14-23/h5,8,14-17H,3-4,6-7,9-13H2,1-2H3,(H,20,24)/t17-/m0/s1. The van der Waals surface area contributed by atoms with Crippen LogP contribution in [0.15, 0.2) is 18.7 Å². The van der Waals surface area contributed by atoms with Gasteiger partial charge in [0, 0.05) is 57.7 Å². The van der Waals surface area contributed by atoms with Crippen LogP contribution in [0.4, 0.5) is 4.79 Å². The van der Waals surface area contributed by atoms with E-state index in [1.54, 1.807) is 0 Å². The smallest absolute Gasteiger partial charge is 0.317 e. The fourth-order valence-electron chi connectivity index (χ4n) is 3.75. The second-order valence-corrected chi connectivity index (χ2v) is 7.56. The number of hydrogen-bond acceptors (Lipinski definition) is 4. The van der Waals surface area contributed by atoms with E-state index < -0.39 is 0 Å². The molecule has 0 bridgehead atoms. The van der Waals surface area contributed by atoms with E-state index in [1.807, 2.05) is 23.6 Å². The van der Waals surface area contributed by atoms with Gasteiger partial charge in [0.15, 0.2) is 0 Å². The van der Waals surface area contributed by atoms with Gasteiger partial charge in [0.2, 0.25) is 0 Å². The second-order valence-electron chi connectivity index (χ2n) is 7.56. The van der Waals surface area contributed by atoms with Gasteiger partial charge in [-0.05, 0) is 18.8 Å². The molecule has 3 rings (SSSR count). The molecule has 1 atom stereocenters. The van der Waals surface area contributed by atoms with E-state index in [1.165, 1.54) is 0 Å². The molecular formula is C18H31N5O2. The molecule has 1 N–H and O–H groups in total. The molecule has 3 heterocycles. The monoisotopic (exact) mass is 349 g/mol. The highest BCUT2D eigenvalue weighted by Crippen LogP contribution is 2.21. The van der Waals surface area contributed by atoms with Crippen molar-refractivity contribution in [1.29, 1.82) is 0 Å². The molecule has 0 aliphatic carbocycles. The molecule has 0 saturated carbocycles. The first-order valence-corrected chi connectivity index (χ1v) is 9.46. The van der Waals surface area contributed by atoms with E-state index in [0.717, 1.165) is 52.2 Å². The van der Waals surface area contributed by atoms with Gasteiger partial charge in [0.05, 0.1) is 19.0 Å². The summed E-state index contributed by atoms with van der Waals surface area (Å²) < 4.78 is 7.96. The number of ether oxygens (including phenoxy) is 1. The molecule has 2 aliphatic heterocycles. The lowest BCUT2D eigenvalue weighted by Crippen LogP contribution is -2.51. The average molecular weight is 349 g/mol. The van der Waals surface area contributed by atoms with Crippen molar-refractivity contribution >= 4 is 6.03 Å². The molecule has 2 fully saturated rings. The van der Waals surface area contributed by atoms with Gasteiger partial charge in [0.1, 0.15) is 0 Å². The van der Waals surface area contributed by atoms with Gasteiger partial charge in [0.25, 0.3) is 0 Å². The van der Waals surface area contributed by atoms with Crippen LogP contribution in [-0.4, -0.2) is 77.4 Å². The number of morpholine rings is 1. The van der Waals surface area contributed by atoms with Gasteiger partial charge >= 0.3 is 6.03 Å². The Hall–Kier alpha value is -1.60. The number of piperidine rings is 1. The van der Waals surface area contributed by atoms with Crippen LogP contribution >= 0.6 is 0 Å². The van der Waals surface area contributed by atoms with E-state index in [0.29, 0.717) is 18.5 Å². The molecule has 2 aliphatic rings. The van der Waals surface area contributed by atoms with Crippen molar-refractivity contribution in [2.45, 2.75) is 38.8 Å². The number of aromatic nitrogens is 2. The van der Waals surface area contributed by atoms with E-state index in [4.69, 9.17) is 4.74 Å². The molecule has 7 nitrogen and oxygen atoms in total. The Morgan fingerprint density at radius 1 is 1.32 bits per heavy atom. The summed E-state index contributed by atoms with van der Waals surface area (Å²) in [5.41, 5.74) is 0. The zero-order valence-corrected chi connectivity index (χ0v) is 15.4. The SMILES string of the molecule is CC(C)CN1CCO[C@@H](CNC(=O)N2CCC(n3ccnc3)CC2)C1. The number of nitrogens with zero attached hydrogens (tertiary/aromatic N) is 4. The lowest BCUT2D eigenvalue weighted by molar-refractivity contribution is -0.0295. The number of carbonyl (C=O) groups excluding carboxylic acids is 1. The molecule has 7 heteroatoms. The maximum absolute atomic E-state index is 12.4. The van der Waals surface area contributed by atoms with Crippen molar-refractivity contribution in [3.05, 3.63) is 18.7 Å². The highest BCUT2D eigenvalue weighted by molar-refractivity contribution is 5.74. The molecule has 25 heavy (non-hydrogen) atoms. The van der Waals surface area contributed by atoms with Gasteiger partial charge < -0.3 is 19.5 Å². The number of urea groups is 1. The molecule has 2 amide bonds. The van der Waals surface area contributed by atoms with Crippen molar-refractivity contribution in [1.82, 2.24) is 24.7 Å². The van der Waals surface area contributed by atoms with Crippen LogP contribution in [0.25, 0.3) is 0 Å². The van der Waals surface area contributed by atoms with Crippen LogP contribution < -0.4 is 5.32 Å². The number of amides is 2. The number of likely N-dealkylation sites (tertiary alicyclic amines) is 1. The van der Waals surface area contributed by atoms with Crippen molar-refractivity contribution in [3.8, 4) is 0 Å². The van der Waals surface area contributed by atoms with Crippen LogP contribution in [0.2, 0.25) is 0 Å². The Bertz CT molecular complexity index is 526. The summed E-state index contributed by atoms with van der Waals surface area (Å²) in [7, 11) is 0. The Kier molecular flexibility index (Phi) is 6.31. The fourth-order valence-corrected chi connectivity index (χ4v) is 3.75. The summed E-state index contributed by atoms with van der Waals surface area (Å²) >= 11 is 0. The predicted octanol–water partition coefficient (Wildman–Crippen LogP) is 1.59. The lowest BCUT2D eigenvalue weighted by Gasteiger charge is -2.35. The van der Waals surface area contributed by atoms with Crippen LogP contribution in [0, 0.1) is 5.92 Å². The number of rotatable bonds is 5. The second kappa shape index (κ2) is 8.67. The van der Waals surface area contributed by atoms with E-state index in [-0.39, 0.29) is 12.1 Å². The molecule has 0 spiro atoms. The number of hydrogen-bond donors (Lipinski definition) is 1. The third kappa shape index (κ3) is 5.19. The Balaban J connectivity index is 1.38. The number of carbonyl (C=O) groups is 1. The predicted molar refractivity (Wildman–Crippen MR) is 96.5 cm³/mol. The maximum Gasteiger partial charge on any atom is 0.317 e. The Labute approximate surface area is 150 Å². The zero-order valence-electron chi connectivity index (χ0n) is 15.4. The summed E-state index contributed by atoms with van der Waals surface area (Å²) in [6, 6.07) is 0.492. The summed E-state index contributed by atoms with van der Waals surface area (Å²) in [5, 5.41) is 3.06. The lowest BCUT2D eigenvalue weighted by atomic mass is 10.1. The summed E-state index contributed by atoms with van der Waals surface area (Å²) in [6.07, 6.45) is 7.73. The Morgan fingerprint density at radius 2 is 2.12 bits per heavy atom. The van der Waals surface area contributed by atoms with E-state index in [9.17, 15) is 4.79 Å². The van der Waals surface area contributed by atoms with E-state index >= 15 is 0 Å². The van der Waals surface area contributed by atoms with Gasteiger partial charge in [-0.1, -0.05) is 13.8 Å². The van der Waals surface area contributed by atoms with Crippen molar-refractivity contribution in [2.75, 3.05) is 45.9 Å². The zero-order chi connectivity index (χ0) is 17.6. The van der Waals surface area contributed by atoms with Gasteiger partial charge in [-0.15, -0.1) is 0 Å².